The standard InChI is InChI=1S/C13H18N4O5S/c1-20-7-10-15-16-11(23-10)14-9(18)6-17-4-2-13(3-5-17)8-21-12(19)22-13/h2-8H2,1H3,(H,14,16,18). The van der Waals surface area contributed by atoms with Crippen LogP contribution >= 0.6 is 11.3 Å². The first-order valence-electron chi connectivity index (χ1n) is 7.28. The van der Waals surface area contributed by atoms with Crippen LogP contribution in [0.4, 0.5) is 9.93 Å². The van der Waals surface area contributed by atoms with E-state index in [1.807, 2.05) is 4.90 Å². The van der Waals surface area contributed by atoms with Gasteiger partial charge in [-0.15, -0.1) is 10.2 Å². The minimum Gasteiger partial charge on any atom is -0.430 e. The van der Waals surface area contributed by atoms with Crippen molar-refractivity contribution < 1.29 is 23.8 Å². The Morgan fingerprint density at radius 3 is 2.87 bits per heavy atom. The second kappa shape index (κ2) is 6.77. The molecule has 3 heterocycles. The Balaban J connectivity index is 1.44. The largest absolute Gasteiger partial charge is 0.509 e. The van der Waals surface area contributed by atoms with Crippen LogP contribution in [-0.2, 0) is 25.6 Å². The summed E-state index contributed by atoms with van der Waals surface area (Å²) >= 11 is 1.29. The van der Waals surface area contributed by atoms with E-state index < -0.39 is 11.8 Å². The molecule has 1 spiro atoms. The third kappa shape index (κ3) is 3.95. The molecule has 0 aliphatic carbocycles. The van der Waals surface area contributed by atoms with E-state index in [1.54, 1.807) is 7.11 Å². The van der Waals surface area contributed by atoms with E-state index in [0.29, 0.717) is 49.3 Å². The summed E-state index contributed by atoms with van der Waals surface area (Å²) in [5.74, 6) is -0.138. The van der Waals surface area contributed by atoms with Crippen LogP contribution in [0.2, 0.25) is 0 Å². The highest BCUT2D eigenvalue weighted by atomic mass is 32.1. The number of nitrogens with zero attached hydrogens (tertiary/aromatic N) is 3. The lowest BCUT2D eigenvalue weighted by Crippen LogP contribution is -2.48. The first-order chi connectivity index (χ1) is 11.1. The molecule has 0 bridgehead atoms. The maximum atomic E-state index is 12.1. The number of carbonyl (C=O) groups is 2. The number of ether oxygens (including phenoxy) is 3. The molecule has 1 aromatic heterocycles. The first-order valence-corrected chi connectivity index (χ1v) is 8.09. The van der Waals surface area contributed by atoms with E-state index in [-0.39, 0.29) is 12.5 Å². The zero-order valence-electron chi connectivity index (χ0n) is 12.7. The SMILES string of the molecule is COCc1nnc(NC(=O)CN2CCC3(CC2)COC(=O)O3)s1. The summed E-state index contributed by atoms with van der Waals surface area (Å²) in [6, 6.07) is 0. The van der Waals surface area contributed by atoms with Gasteiger partial charge in [-0.1, -0.05) is 11.3 Å². The normalized spacial score (nSPS) is 20.3. The zero-order chi connectivity index (χ0) is 16.3. The van der Waals surface area contributed by atoms with E-state index in [1.165, 1.54) is 11.3 Å². The lowest BCUT2D eigenvalue weighted by Gasteiger charge is -2.35. The highest BCUT2D eigenvalue weighted by Crippen LogP contribution is 2.31. The van der Waals surface area contributed by atoms with Crippen molar-refractivity contribution in [3.05, 3.63) is 5.01 Å². The molecule has 1 aromatic rings. The second-order valence-corrected chi connectivity index (χ2v) is 6.64. The highest BCUT2D eigenvalue weighted by Gasteiger charge is 2.44. The van der Waals surface area contributed by atoms with Crippen molar-refractivity contribution in [1.82, 2.24) is 15.1 Å². The van der Waals surface area contributed by atoms with Crippen LogP contribution in [0.3, 0.4) is 0 Å². The molecule has 0 aromatic carbocycles. The van der Waals surface area contributed by atoms with E-state index in [4.69, 9.17) is 14.2 Å². The maximum Gasteiger partial charge on any atom is 0.509 e. The number of hydrogen-bond acceptors (Lipinski definition) is 9. The number of carbonyl (C=O) groups excluding carboxylic acids is 2. The summed E-state index contributed by atoms with van der Waals surface area (Å²) < 4.78 is 15.1. The number of aromatic nitrogens is 2. The number of piperidine rings is 1. The van der Waals surface area contributed by atoms with Crippen molar-refractivity contribution in [1.29, 1.82) is 0 Å². The quantitative estimate of drug-likeness (QED) is 0.777. The predicted octanol–water partition coefficient (Wildman–Crippen LogP) is 0.624. The first kappa shape index (κ1) is 16.1. The van der Waals surface area contributed by atoms with Gasteiger partial charge in [0.15, 0.2) is 5.60 Å². The topological polar surface area (TPSA) is 103 Å². The lowest BCUT2D eigenvalue weighted by atomic mass is 9.92. The monoisotopic (exact) mass is 342 g/mol. The van der Waals surface area contributed by atoms with Crippen LogP contribution in [0.1, 0.15) is 17.8 Å². The molecule has 23 heavy (non-hydrogen) atoms. The van der Waals surface area contributed by atoms with Crippen LogP contribution in [0.25, 0.3) is 0 Å². The summed E-state index contributed by atoms with van der Waals surface area (Å²) in [6.45, 7) is 2.30. The fourth-order valence-corrected chi connectivity index (χ4v) is 3.37. The number of anilines is 1. The van der Waals surface area contributed by atoms with Gasteiger partial charge in [0.05, 0.1) is 6.54 Å². The van der Waals surface area contributed by atoms with E-state index in [0.717, 1.165) is 0 Å². The molecular formula is C13H18N4O5S. The Hall–Kier alpha value is -1.78. The van der Waals surface area contributed by atoms with Gasteiger partial charge in [-0.3, -0.25) is 15.0 Å². The Morgan fingerprint density at radius 2 is 2.22 bits per heavy atom. The molecule has 10 heteroatoms. The van der Waals surface area contributed by atoms with Crippen LogP contribution in [0, 0.1) is 0 Å². The molecule has 0 unspecified atom stereocenters. The number of likely N-dealkylation sites (tertiary alicyclic amines) is 1. The molecule has 2 fully saturated rings. The summed E-state index contributed by atoms with van der Waals surface area (Å²) in [7, 11) is 1.58. The molecule has 2 aliphatic rings. The van der Waals surface area contributed by atoms with E-state index in [9.17, 15) is 9.59 Å². The van der Waals surface area contributed by atoms with Crippen LogP contribution < -0.4 is 5.32 Å². The Kier molecular flexibility index (Phi) is 4.74. The third-order valence-electron chi connectivity index (χ3n) is 3.87. The molecule has 9 nitrogen and oxygen atoms in total. The van der Waals surface area contributed by atoms with Crippen molar-refractivity contribution in [3.8, 4) is 0 Å². The van der Waals surface area contributed by atoms with Crippen molar-refractivity contribution in [2.24, 2.45) is 0 Å². The average Bonchev–Trinajstić information content (AvgIpc) is 3.10. The molecule has 126 valence electrons. The molecule has 0 atom stereocenters. The minimum atomic E-state index is -0.598. The Morgan fingerprint density at radius 1 is 1.43 bits per heavy atom. The van der Waals surface area contributed by atoms with Gasteiger partial charge >= 0.3 is 6.16 Å². The van der Waals surface area contributed by atoms with E-state index in [2.05, 4.69) is 15.5 Å². The number of nitrogens with one attached hydrogen (secondary N) is 1. The van der Waals surface area contributed by atoms with Gasteiger partial charge in [0.25, 0.3) is 0 Å². The van der Waals surface area contributed by atoms with E-state index >= 15 is 0 Å². The van der Waals surface area contributed by atoms with Gasteiger partial charge in [-0.25, -0.2) is 4.79 Å². The molecule has 0 radical (unpaired) electrons. The average molecular weight is 342 g/mol. The highest BCUT2D eigenvalue weighted by molar-refractivity contribution is 7.15. The molecule has 1 amide bonds. The predicted molar refractivity (Wildman–Crippen MR) is 80.1 cm³/mol. The van der Waals surface area contributed by atoms with Gasteiger partial charge in [0.2, 0.25) is 11.0 Å². The zero-order valence-corrected chi connectivity index (χ0v) is 13.6. The van der Waals surface area contributed by atoms with Crippen LogP contribution in [0.15, 0.2) is 0 Å². The molecule has 2 saturated heterocycles. The molecule has 0 saturated carbocycles. The molecule has 3 rings (SSSR count). The van der Waals surface area contributed by atoms with Gasteiger partial charge in [-0.05, 0) is 0 Å². The van der Waals surface area contributed by atoms with Crippen molar-refractivity contribution in [2.45, 2.75) is 25.0 Å². The lowest BCUT2D eigenvalue weighted by molar-refractivity contribution is -0.118. The van der Waals surface area contributed by atoms with Gasteiger partial charge < -0.3 is 14.2 Å². The summed E-state index contributed by atoms with van der Waals surface area (Å²) in [4.78, 5) is 25.2. The van der Waals surface area contributed by atoms with Crippen molar-refractivity contribution in [3.63, 3.8) is 0 Å². The molecular weight excluding hydrogens is 324 g/mol. The summed E-state index contributed by atoms with van der Waals surface area (Å²) in [5, 5.41) is 11.7. The number of amides is 1. The number of cyclic esters (lactones) is 1. The van der Waals surface area contributed by atoms with Gasteiger partial charge in [-0.2, -0.15) is 0 Å². The van der Waals surface area contributed by atoms with Crippen molar-refractivity contribution in [2.75, 3.05) is 38.7 Å². The molecule has 2 aliphatic heterocycles. The fourth-order valence-electron chi connectivity index (χ4n) is 2.64. The van der Waals surface area contributed by atoms with Crippen LogP contribution in [0.5, 0.6) is 0 Å². The number of hydrogen-bond donors (Lipinski definition) is 1. The Bertz CT molecular complexity index is 585. The second-order valence-electron chi connectivity index (χ2n) is 5.58. The van der Waals surface area contributed by atoms with Crippen molar-refractivity contribution >= 4 is 28.5 Å². The smallest absolute Gasteiger partial charge is 0.430 e. The third-order valence-corrected chi connectivity index (χ3v) is 4.68. The maximum absolute atomic E-state index is 12.1. The van der Waals surface area contributed by atoms with Gasteiger partial charge in [0, 0.05) is 33.0 Å². The Labute approximate surface area is 136 Å². The number of methoxy groups -OCH3 is 1. The fraction of sp³-hybridized carbons (Fsp3) is 0.692. The van der Waals surface area contributed by atoms with Gasteiger partial charge in [0.1, 0.15) is 18.2 Å². The minimum absolute atomic E-state index is 0.138. The summed E-state index contributed by atoms with van der Waals surface area (Å²) in [6.07, 6.45) is 0.741. The van der Waals surface area contributed by atoms with Crippen LogP contribution in [-0.4, -0.2) is 66.1 Å². The summed E-state index contributed by atoms with van der Waals surface area (Å²) in [5.41, 5.74) is -0.502. The molecule has 1 N–H and O–H groups in total. The number of rotatable bonds is 5.